The highest BCUT2D eigenvalue weighted by atomic mass is 16.4. The van der Waals surface area contributed by atoms with Crippen LogP contribution in [-0.4, -0.2) is 29.0 Å². The van der Waals surface area contributed by atoms with Gasteiger partial charge in [0.1, 0.15) is 18.9 Å². The largest absolute Gasteiger partial charge is 0.544 e. The fourth-order valence-electron chi connectivity index (χ4n) is 4.81. The van der Waals surface area contributed by atoms with E-state index in [1.807, 2.05) is 6.92 Å². The summed E-state index contributed by atoms with van der Waals surface area (Å²) in [6.45, 7) is 3.96. The van der Waals surface area contributed by atoms with E-state index in [4.69, 9.17) is 5.73 Å². The van der Waals surface area contributed by atoms with E-state index in [1.54, 1.807) is 12.4 Å². The number of nitrogens with two attached hydrogens (primary N) is 1. The molecule has 0 aliphatic carbocycles. The molecule has 2 unspecified atom stereocenters. The maximum Gasteiger partial charge on any atom is 0.209 e. The number of hydrogen-bond donors (Lipinski definition) is 1. The Morgan fingerprint density at radius 3 is 1.82 bits per heavy atom. The van der Waals surface area contributed by atoms with Crippen LogP contribution < -0.4 is 10.8 Å². The number of carboxylic acid groups (broad SMARTS) is 1. The fraction of sp³-hybridized carbons (Fsp3) is 0.793. The van der Waals surface area contributed by atoms with Crippen LogP contribution in [0.25, 0.3) is 0 Å². The predicted molar refractivity (Wildman–Crippen MR) is 143 cm³/mol. The molecule has 196 valence electrons. The Hall–Kier alpha value is -1.46. The van der Waals surface area contributed by atoms with E-state index >= 15 is 0 Å². The van der Waals surface area contributed by atoms with E-state index in [9.17, 15) is 9.90 Å². The van der Waals surface area contributed by atoms with Crippen LogP contribution in [0.1, 0.15) is 136 Å². The molecule has 0 fully saturated rings. The first kappa shape index (κ1) is 30.6. The Kier molecular flexibility index (Phi) is 17.8. The number of aliphatic carboxylic acids is 1. The van der Waals surface area contributed by atoms with E-state index in [0.29, 0.717) is 0 Å². The summed E-state index contributed by atoms with van der Waals surface area (Å²) in [7, 11) is 0. The second-order valence-electron chi connectivity index (χ2n) is 10.1. The highest BCUT2D eigenvalue weighted by Crippen LogP contribution is 2.23. The summed E-state index contributed by atoms with van der Waals surface area (Å²) >= 11 is 0. The van der Waals surface area contributed by atoms with E-state index in [2.05, 4.69) is 24.1 Å². The van der Waals surface area contributed by atoms with Crippen LogP contribution in [-0.2, 0) is 4.79 Å². The predicted octanol–water partition coefficient (Wildman–Crippen LogP) is 6.73. The molecule has 34 heavy (non-hydrogen) atoms. The Balaban J connectivity index is 1.90. The molecule has 0 aromatic carbocycles. The zero-order valence-electron chi connectivity index (χ0n) is 22.3. The summed E-state index contributed by atoms with van der Waals surface area (Å²) in [6, 6.07) is 0. The van der Waals surface area contributed by atoms with Crippen LogP contribution in [0.2, 0.25) is 0 Å². The fourth-order valence-corrected chi connectivity index (χ4v) is 4.81. The molecule has 2 N–H and O–H groups in total. The van der Waals surface area contributed by atoms with Gasteiger partial charge in [0.05, 0.1) is 12.2 Å². The molecule has 1 aliphatic heterocycles. The van der Waals surface area contributed by atoms with Gasteiger partial charge in [-0.2, -0.15) is 0 Å². The van der Waals surface area contributed by atoms with Crippen molar-refractivity contribution in [2.75, 3.05) is 6.54 Å². The molecule has 0 saturated carbocycles. The number of unbranched alkanes of at least 4 members (excludes halogenated alkanes) is 16. The average Bonchev–Trinajstić information content (AvgIpc) is 3.20. The topological polar surface area (TPSA) is 78.5 Å². The molecule has 0 saturated heterocycles. The minimum absolute atomic E-state index is 0.110. The summed E-state index contributed by atoms with van der Waals surface area (Å²) in [6.07, 6.45) is 32.4. The molecule has 1 aliphatic rings. The Labute approximate surface area is 210 Å². The minimum Gasteiger partial charge on any atom is -0.544 e. The first-order valence-electron chi connectivity index (χ1n) is 14.3. The number of rotatable bonds is 23. The summed E-state index contributed by atoms with van der Waals surface area (Å²) in [5, 5.41) is 11.2. The van der Waals surface area contributed by atoms with Crippen molar-refractivity contribution < 1.29 is 14.4 Å². The van der Waals surface area contributed by atoms with E-state index in [-0.39, 0.29) is 17.2 Å². The second-order valence-corrected chi connectivity index (χ2v) is 10.1. The number of allylic oxidation sites excluding steroid dienone is 2. The van der Waals surface area contributed by atoms with Crippen LogP contribution in [0.5, 0.6) is 0 Å². The molecule has 5 nitrogen and oxygen atoms in total. The summed E-state index contributed by atoms with van der Waals surface area (Å²) in [4.78, 5) is 15.6. The quantitative estimate of drug-likeness (QED) is 0.101. The SMILES string of the molecule is CCCCC/C=C/CCCCCCCCCCCCCCCC1=NC=C[N+]1(CC(=O)[O-])C(C)N. The lowest BCUT2D eigenvalue weighted by atomic mass is 10.0. The highest BCUT2D eigenvalue weighted by Gasteiger charge is 2.38. The molecule has 2 atom stereocenters. The van der Waals surface area contributed by atoms with Gasteiger partial charge >= 0.3 is 0 Å². The van der Waals surface area contributed by atoms with Gasteiger partial charge in [-0.25, -0.2) is 9.48 Å². The molecule has 0 aromatic rings. The van der Waals surface area contributed by atoms with E-state index in [1.165, 1.54) is 103 Å². The molecular weight excluding hydrogens is 422 g/mol. The lowest BCUT2D eigenvalue weighted by molar-refractivity contribution is -0.808. The van der Waals surface area contributed by atoms with Gasteiger partial charge in [0.25, 0.3) is 0 Å². The van der Waals surface area contributed by atoms with Gasteiger partial charge in [-0.15, -0.1) is 0 Å². The molecule has 0 aromatic heterocycles. The molecule has 5 heteroatoms. The molecule has 0 amide bonds. The van der Waals surface area contributed by atoms with Crippen LogP contribution in [0.15, 0.2) is 29.5 Å². The summed E-state index contributed by atoms with van der Waals surface area (Å²) < 4.78 is 0.110. The van der Waals surface area contributed by atoms with Crippen molar-refractivity contribution >= 4 is 11.8 Å². The van der Waals surface area contributed by atoms with Crippen molar-refractivity contribution in [3.63, 3.8) is 0 Å². The number of carbonyl (C=O) groups is 1. The summed E-state index contributed by atoms with van der Waals surface area (Å²) in [5.41, 5.74) is 6.10. The lowest BCUT2D eigenvalue weighted by Crippen LogP contribution is -2.60. The smallest absolute Gasteiger partial charge is 0.209 e. The highest BCUT2D eigenvalue weighted by molar-refractivity contribution is 5.81. The zero-order valence-corrected chi connectivity index (χ0v) is 22.3. The van der Waals surface area contributed by atoms with Crippen molar-refractivity contribution in [1.82, 2.24) is 0 Å². The maximum atomic E-state index is 11.2. The van der Waals surface area contributed by atoms with Crippen molar-refractivity contribution in [2.45, 2.75) is 142 Å². The van der Waals surface area contributed by atoms with E-state index < -0.39 is 5.97 Å². The number of amidine groups is 1. The van der Waals surface area contributed by atoms with Crippen LogP contribution in [0.4, 0.5) is 0 Å². The first-order valence-corrected chi connectivity index (χ1v) is 14.3. The van der Waals surface area contributed by atoms with Gasteiger partial charge < -0.3 is 9.90 Å². The molecule has 1 rings (SSSR count). The molecule has 0 spiro atoms. The van der Waals surface area contributed by atoms with Gasteiger partial charge in [0.15, 0.2) is 0 Å². The van der Waals surface area contributed by atoms with Crippen molar-refractivity contribution in [3.8, 4) is 0 Å². The van der Waals surface area contributed by atoms with Gasteiger partial charge in [-0.1, -0.05) is 103 Å². The molecule has 0 radical (unpaired) electrons. The third-order valence-corrected chi connectivity index (χ3v) is 7.07. The molecular formula is C29H53N3O2. The Morgan fingerprint density at radius 1 is 0.882 bits per heavy atom. The Bertz CT molecular complexity index is 612. The third-order valence-electron chi connectivity index (χ3n) is 7.07. The minimum atomic E-state index is -1.09. The first-order chi connectivity index (χ1) is 16.5. The average molecular weight is 476 g/mol. The zero-order chi connectivity index (χ0) is 24.9. The van der Waals surface area contributed by atoms with Gasteiger partial charge in [0.2, 0.25) is 5.84 Å². The van der Waals surface area contributed by atoms with Gasteiger partial charge in [-0.05, 0) is 32.1 Å². The number of quaternary nitrogens is 1. The normalized spacial score (nSPS) is 18.6. The van der Waals surface area contributed by atoms with Crippen molar-refractivity contribution in [1.29, 1.82) is 0 Å². The third kappa shape index (κ3) is 13.4. The second kappa shape index (κ2) is 19.8. The lowest BCUT2D eigenvalue weighted by Gasteiger charge is -2.36. The van der Waals surface area contributed by atoms with Crippen LogP contribution in [0.3, 0.4) is 0 Å². The molecule has 0 bridgehead atoms. The standard InChI is InChI=1S/C29H53N3O2/c1-3-4-5-6-7-8-9-10-11-12-13-14-15-16-17-18-19-20-21-22-23-28-31-24-25-32(28,27(2)30)26-29(33)34/h7-8,24-25,27H,3-6,9-23,26,30H2,1-2H3/b8-7+. The van der Waals surface area contributed by atoms with Gasteiger partial charge in [0, 0.05) is 13.3 Å². The van der Waals surface area contributed by atoms with Crippen molar-refractivity contribution in [3.05, 3.63) is 24.6 Å². The number of carbonyl (C=O) groups excluding carboxylic acids is 1. The number of hydrogen-bond acceptors (Lipinski definition) is 4. The number of aliphatic imine (C=N–C) groups is 1. The number of carboxylic acids is 1. The van der Waals surface area contributed by atoms with Crippen LogP contribution >= 0.6 is 0 Å². The maximum absolute atomic E-state index is 11.2. The van der Waals surface area contributed by atoms with Gasteiger partial charge in [-0.3, -0.25) is 5.73 Å². The summed E-state index contributed by atoms with van der Waals surface area (Å²) in [5.74, 6) is -0.226. The van der Waals surface area contributed by atoms with E-state index in [0.717, 1.165) is 25.1 Å². The van der Waals surface area contributed by atoms with Crippen LogP contribution in [0, 0.1) is 0 Å². The molecule has 1 heterocycles. The Morgan fingerprint density at radius 2 is 1.35 bits per heavy atom. The monoisotopic (exact) mass is 475 g/mol. The number of nitrogens with zero attached hydrogens (tertiary/aromatic N) is 2. The van der Waals surface area contributed by atoms with Crippen molar-refractivity contribution in [2.24, 2.45) is 10.7 Å².